The van der Waals surface area contributed by atoms with Gasteiger partial charge >= 0.3 is 0 Å². The van der Waals surface area contributed by atoms with E-state index in [1.807, 2.05) is 24.3 Å². The summed E-state index contributed by atoms with van der Waals surface area (Å²) in [4.78, 5) is 3.76. The number of rotatable bonds is 4. The Balaban J connectivity index is 1.59. The molecular weight excluding hydrogens is 454 g/mol. The van der Waals surface area contributed by atoms with Crippen LogP contribution in [-0.2, 0) is 0 Å². The van der Waals surface area contributed by atoms with Crippen molar-refractivity contribution in [3.05, 3.63) is 149 Å². The number of nitrogens with one attached hydrogen (secondary N) is 1. The van der Waals surface area contributed by atoms with E-state index < -0.39 is 0 Å². The highest BCUT2D eigenvalue weighted by Gasteiger charge is 2.32. The summed E-state index contributed by atoms with van der Waals surface area (Å²) in [6, 6.07) is 40.0. The number of ether oxygens (including phenoxy) is 1. The normalized spacial score (nSPS) is 14.5. The van der Waals surface area contributed by atoms with Crippen molar-refractivity contribution in [3.63, 3.8) is 0 Å². The van der Waals surface area contributed by atoms with E-state index in [0.29, 0.717) is 0 Å². The van der Waals surface area contributed by atoms with Crippen LogP contribution in [0.25, 0.3) is 33.9 Å². The number of methoxy groups -OCH3 is 1. The van der Waals surface area contributed by atoms with Crippen LogP contribution < -0.4 is 4.74 Å². The molecule has 1 N–H and O–H groups in total. The molecule has 4 aromatic carbocycles. The molecular formula is C34H25NO2. The second-order valence-corrected chi connectivity index (χ2v) is 9.39. The molecule has 7 rings (SSSR count). The van der Waals surface area contributed by atoms with Gasteiger partial charge in [0.1, 0.15) is 17.3 Å². The van der Waals surface area contributed by atoms with Crippen molar-refractivity contribution < 1.29 is 9.15 Å². The molecule has 2 heterocycles. The molecule has 178 valence electrons. The van der Waals surface area contributed by atoms with E-state index in [1.54, 1.807) is 7.11 Å². The van der Waals surface area contributed by atoms with Gasteiger partial charge < -0.3 is 14.1 Å². The second kappa shape index (κ2) is 8.72. The molecule has 0 spiro atoms. The van der Waals surface area contributed by atoms with Crippen LogP contribution >= 0.6 is 0 Å². The SMILES string of the molecule is COc1ccc2[nH]c3c(c2c1)C(c1ccccc1)c1cc(-c2ccccc2)oc1C=C3c1ccccc1. The lowest BCUT2D eigenvalue weighted by Gasteiger charge is -2.18. The Bertz CT molecular complexity index is 1740. The Hall–Kier alpha value is -4.76. The molecule has 37 heavy (non-hydrogen) atoms. The van der Waals surface area contributed by atoms with Crippen LogP contribution in [0.15, 0.2) is 120 Å². The van der Waals surface area contributed by atoms with Crippen LogP contribution in [-0.4, -0.2) is 12.1 Å². The fourth-order valence-electron chi connectivity index (χ4n) is 5.53. The smallest absolute Gasteiger partial charge is 0.135 e. The number of fused-ring (bicyclic) bond motifs is 4. The van der Waals surface area contributed by atoms with Gasteiger partial charge in [-0.25, -0.2) is 0 Å². The van der Waals surface area contributed by atoms with Crippen LogP contribution in [0, 0.1) is 0 Å². The number of benzene rings is 4. The molecule has 0 amide bonds. The maximum Gasteiger partial charge on any atom is 0.135 e. The van der Waals surface area contributed by atoms with Gasteiger partial charge in [-0.1, -0.05) is 91.0 Å². The van der Waals surface area contributed by atoms with E-state index in [0.717, 1.165) is 56.1 Å². The van der Waals surface area contributed by atoms with Crippen LogP contribution in [0.4, 0.5) is 0 Å². The fourth-order valence-corrected chi connectivity index (χ4v) is 5.53. The fraction of sp³-hybridized carbons (Fsp3) is 0.0588. The maximum absolute atomic E-state index is 6.62. The largest absolute Gasteiger partial charge is 0.497 e. The highest BCUT2D eigenvalue weighted by Crippen LogP contribution is 2.48. The molecule has 2 aromatic heterocycles. The molecule has 3 heteroatoms. The first-order chi connectivity index (χ1) is 18.3. The summed E-state index contributed by atoms with van der Waals surface area (Å²) < 4.78 is 12.3. The van der Waals surface area contributed by atoms with Gasteiger partial charge in [-0.15, -0.1) is 0 Å². The molecule has 0 aliphatic heterocycles. The lowest BCUT2D eigenvalue weighted by molar-refractivity contribution is 0.415. The highest BCUT2D eigenvalue weighted by atomic mass is 16.5. The van der Waals surface area contributed by atoms with Crippen molar-refractivity contribution >= 4 is 22.6 Å². The van der Waals surface area contributed by atoms with E-state index in [2.05, 4.69) is 102 Å². The third-order valence-electron chi connectivity index (χ3n) is 7.26. The zero-order chi connectivity index (χ0) is 24.8. The van der Waals surface area contributed by atoms with E-state index in [-0.39, 0.29) is 5.92 Å². The van der Waals surface area contributed by atoms with Gasteiger partial charge in [0.2, 0.25) is 0 Å². The number of aromatic nitrogens is 1. The third-order valence-corrected chi connectivity index (χ3v) is 7.26. The second-order valence-electron chi connectivity index (χ2n) is 9.39. The number of aromatic amines is 1. The number of furan rings is 1. The summed E-state index contributed by atoms with van der Waals surface area (Å²) in [5.74, 6) is 2.57. The van der Waals surface area contributed by atoms with Crippen molar-refractivity contribution in [1.82, 2.24) is 4.98 Å². The van der Waals surface area contributed by atoms with Gasteiger partial charge in [-0.05, 0) is 47.0 Å². The number of H-pyrrole nitrogens is 1. The molecule has 0 saturated carbocycles. The lowest BCUT2D eigenvalue weighted by Crippen LogP contribution is -2.04. The predicted molar refractivity (Wildman–Crippen MR) is 150 cm³/mol. The van der Waals surface area contributed by atoms with Gasteiger partial charge in [-0.3, -0.25) is 0 Å². The monoisotopic (exact) mass is 479 g/mol. The Morgan fingerprint density at radius 2 is 1.41 bits per heavy atom. The van der Waals surface area contributed by atoms with Crippen molar-refractivity contribution in [2.24, 2.45) is 0 Å². The van der Waals surface area contributed by atoms with Gasteiger partial charge in [0, 0.05) is 33.5 Å². The van der Waals surface area contributed by atoms with E-state index in [9.17, 15) is 0 Å². The van der Waals surface area contributed by atoms with Gasteiger partial charge in [0.05, 0.1) is 12.8 Å². The van der Waals surface area contributed by atoms with Gasteiger partial charge in [0.25, 0.3) is 0 Å². The molecule has 0 fully saturated rings. The predicted octanol–water partition coefficient (Wildman–Crippen LogP) is 8.52. The Labute approximate surface area is 215 Å². The molecule has 1 atom stereocenters. The zero-order valence-electron chi connectivity index (χ0n) is 20.4. The zero-order valence-corrected chi connectivity index (χ0v) is 20.4. The van der Waals surface area contributed by atoms with Gasteiger partial charge in [-0.2, -0.15) is 0 Å². The number of hydrogen-bond acceptors (Lipinski definition) is 2. The summed E-state index contributed by atoms with van der Waals surface area (Å²) in [5, 5.41) is 1.15. The minimum Gasteiger partial charge on any atom is -0.497 e. The quantitative estimate of drug-likeness (QED) is 0.275. The molecule has 1 aliphatic carbocycles. The highest BCUT2D eigenvalue weighted by molar-refractivity contribution is 6.00. The summed E-state index contributed by atoms with van der Waals surface area (Å²) >= 11 is 0. The first-order valence-corrected chi connectivity index (χ1v) is 12.5. The molecule has 0 radical (unpaired) electrons. The lowest BCUT2D eigenvalue weighted by atomic mass is 9.83. The molecule has 1 unspecified atom stereocenters. The number of hydrogen-bond donors (Lipinski definition) is 1. The average Bonchev–Trinajstić information content (AvgIpc) is 3.52. The van der Waals surface area contributed by atoms with E-state index in [1.165, 1.54) is 11.1 Å². The Kier molecular flexibility index (Phi) is 5.07. The standard InChI is InChI=1S/C34H25NO2/c1-36-25-17-18-29-27(19-25)33-32(24-15-9-4-10-16-24)28-21-30(23-13-7-3-8-14-23)37-31(28)20-26(34(33)35-29)22-11-5-2-6-12-22/h2-21,32,35H,1H3. The van der Waals surface area contributed by atoms with Crippen molar-refractivity contribution in [1.29, 1.82) is 0 Å². The Morgan fingerprint density at radius 1 is 0.730 bits per heavy atom. The molecule has 0 bridgehead atoms. The minimum atomic E-state index is -0.0225. The molecule has 3 nitrogen and oxygen atoms in total. The molecule has 0 saturated heterocycles. The van der Waals surface area contributed by atoms with E-state index in [4.69, 9.17) is 9.15 Å². The summed E-state index contributed by atoms with van der Waals surface area (Å²) in [5.41, 5.74) is 9.11. The van der Waals surface area contributed by atoms with Crippen LogP contribution in [0.5, 0.6) is 5.75 Å². The molecule has 6 aromatic rings. The summed E-state index contributed by atoms with van der Waals surface area (Å²) in [6.45, 7) is 0. The topological polar surface area (TPSA) is 38.2 Å². The van der Waals surface area contributed by atoms with E-state index >= 15 is 0 Å². The maximum atomic E-state index is 6.62. The van der Waals surface area contributed by atoms with Crippen molar-refractivity contribution in [2.75, 3.05) is 7.11 Å². The van der Waals surface area contributed by atoms with Gasteiger partial charge in [0.15, 0.2) is 0 Å². The van der Waals surface area contributed by atoms with Crippen molar-refractivity contribution in [3.8, 4) is 17.1 Å². The minimum absolute atomic E-state index is 0.0225. The average molecular weight is 480 g/mol. The van der Waals surface area contributed by atoms with Crippen LogP contribution in [0.2, 0.25) is 0 Å². The first-order valence-electron chi connectivity index (χ1n) is 12.5. The first kappa shape index (κ1) is 21.5. The third kappa shape index (κ3) is 3.59. The molecule has 1 aliphatic rings. The van der Waals surface area contributed by atoms with Crippen LogP contribution in [0.3, 0.4) is 0 Å². The summed E-state index contributed by atoms with van der Waals surface area (Å²) in [7, 11) is 1.72. The Morgan fingerprint density at radius 3 is 2.11 bits per heavy atom. The van der Waals surface area contributed by atoms with Crippen LogP contribution in [0.1, 0.15) is 39.6 Å². The van der Waals surface area contributed by atoms with Crippen molar-refractivity contribution in [2.45, 2.75) is 5.92 Å². The summed E-state index contributed by atoms with van der Waals surface area (Å²) in [6.07, 6.45) is 2.20.